The van der Waals surface area contributed by atoms with Crippen molar-refractivity contribution in [2.75, 3.05) is 0 Å². The second kappa shape index (κ2) is 15.9. The van der Waals surface area contributed by atoms with Gasteiger partial charge >= 0.3 is 0 Å². The van der Waals surface area contributed by atoms with Crippen LogP contribution in [0.3, 0.4) is 0 Å². The summed E-state index contributed by atoms with van der Waals surface area (Å²) in [4.78, 5) is 29.1. The molecular formula is C52H36Cl2O2P2. The van der Waals surface area contributed by atoms with Crippen molar-refractivity contribution in [1.82, 2.24) is 0 Å². The smallest absolute Gasteiger partial charge is 0.207 e. The molecule has 0 aromatic heterocycles. The van der Waals surface area contributed by atoms with Gasteiger partial charge in [-0.05, 0) is 79.5 Å². The van der Waals surface area contributed by atoms with Crippen molar-refractivity contribution in [2.45, 2.75) is 0 Å². The van der Waals surface area contributed by atoms with Crippen molar-refractivity contribution >= 4 is 91.0 Å². The second-order valence-corrected chi connectivity index (χ2v) is 21.7. The number of allylic oxidation sites excluding steroid dienone is 12. The zero-order valence-corrected chi connectivity index (χ0v) is 34.6. The van der Waals surface area contributed by atoms with Crippen LogP contribution >= 0.6 is 37.0 Å². The molecule has 0 amide bonds. The minimum absolute atomic E-state index is 0.116. The molecule has 0 bridgehead atoms. The highest BCUT2D eigenvalue weighted by Crippen LogP contribution is 2.51. The Morgan fingerprint density at radius 3 is 0.759 bits per heavy atom. The van der Waals surface area contributed by atoms with Crippen molar-refractivity contribution in [1.29, 1.82) is 0 Å². The number of Topliss-reactive ketones (excluding diaryl/α,β-unsaturated/α-hetero) is 2. The molecule has 6 aromatic carbocycles. The summed E-state index contributed by atoms with van der Waals surface area (Å²) >= 11 is 14.1. The summed E-state index contributed by atoms with van der Waals surface area (Å²) in [7, 11) is 0. The van der Waals surface area contributed by atoms with E-state index in [1.54, 1.807) is 0 Å². The van der Waals surface area contributed by atoms with E-state index >= 15 is 0 Å². The van der Waals surface area contributed by atoms with E-state index in [9.17, 15) is 9.59 Å². The van der Waals surface area contributed by atoms with Crippen molar-refractivity contribution in [3.05, 3.63) is 251 Å². The molecule has 3 aliphatic rings. The van der Waals surface area contributed by atoms with E-state index in [-0.39, 0.29) is 21.2 Å². The summed E-state index contributed by atoms with van der Waals surface area (Å²) in [5.41, 5.74) is 1.36. The molecule has 0 saturated heterocycles. The van der Waals surface area contributed by atoms with Gasteiger partial charge in [0.25, 0.3) is 0 Å². The summed E-state index contributed by atoms with van der Waals surface area (Å²) in [5, 5.41) is 8.83. The minimum atomic E-state index is -2.46. The van der Waals surface area contributed by atoms with Crippen LogP contribution in [0, 0.1) is 0 Å². The van der Waals surface area contributed by atoms with E-state index in [1.807, 2.05) is 60.7 Å². The maximum absolute atomic E-state index is 14.5. The fourth-order valence-electron chi connectivity index (χ4n) is 8.45. The number of carbonyl (C=O) groups is 2. The molecule has 2 nitrogen and oxygen atoms in total. The van der Waals surface area contributed by atoms with Gasteiger partial charge in [0.2, 0.25) is 11.6 Å². The van der Waals surface area contributed by atoms with E-state index in [0.29, 0.717) is 11.1 Å². The highest BCUT2D eigenvalue weighted by molar-refractivity contribution is 7.96. The van der Waals surface area contributed by atoms with Gasteiger partial charge in [-0.3, -0.25) is 9.59 Å². The summed E-state index contributed by atoms with van der Waals surface area (Å²) < 4.78 is 0. The molecule has 0 heterocycles. The Morgan fingerprint density at radius 2 is 0.534 bits per heavy atom. The molecule has 6 aromatic rings. The molecular weight excluding hydrogens is 789 g/mol. The van der Waals surface area contributed by atoms with Crippen LogP contribution in [-0.2, 0) is 9.59 Å². The first-order chi connectivity index (χ1) is 28.5. The van der Waals surface area contributed by atoms with Crippen molar-refractivity contribution in [3.8, 4) is 0 Å². The quantitative estimate of drug-likeness (QED) is 0.113. The van der Waals surface area contributed by atoms with Gasteiger partial charge in [0.05, 0.1) is 11.1 Å². The number of benzene rings is 6. The monoisotopic (exact) mass is 824 g/mol. The third kappa shape index (κ3) is 6.21. The predicted molar refractivity (Wildman–Crippen MR) is 251 cm³/mol. The van der Waals surface area contributed by atoms with Gasteiger partial charge in [0, 0.05) is 0 Å². The van der Waals surface area contributed by atoms with E-state index in [4.69, 9.17) is 23.2 Å². The molecule has 3 aliphatic carbocycles. The molecule has 0 atom stereocenters. The lowest BCUT2D eigenvalue weighted by atomic mass is 9.88. The van der Waals surface area contributed by atoms with E-state index in [1.165, 1.54) is 31.8 Å². The van der Waals surface area contributed by atoms with Crippen molar-refractivity contribution in [2.24, 2.45) is 0 Å². The molecule has 0 saturated carbocycles. The summed E-state index contributed by atoms with van der Waals surface area (Å²) in [6.07, 6.45) is 12.0. The van der Waals surface area contributed by atoms with Crippen LogP contribution in [0.2, 0.25) is 0 Å². The highest BCUT2D eigenvalue weighted by Gasteiger charge is 2.39. The second-order valence-electron chi connectivity index (χ2n) is 14.1. The maximum atomic E-state index is 14.5. The Labute approximate surface area is 349 Å². The molecule has 0 aliphatic heterocycles. The number of carbonyl (C=O) groups excluding carboxylic acids is 2. The number of hydrogen-bond donors (Lipinski definition) is 0. The molecule has 280 valence electrons. The molecule has 0 spiro atoms. The average Bonchev–Trinajstić information content (AvgIpc) is 3.98. The SMILES string of the molecule is O=C1C(Cl)=C(C2=CC(=P(c3ccccc3)(c3ccccc3)c3ccccc3)C=C2)C(=O)C(Cl)=C1C1=CC(=P(c2ccccc2)(c2ccccc2)c2ccccc2)C=C1. The Hall–Kier alpha value is -5.72. The van der Waals surface area contributed by atoms with Crippen molar-refractivity contribution in [3.63, 3.8) is 0 Å². The Bertz CT molecular complexity index is 2500. The van der Waals surface area contributed by atoms with Crippen LogP contribution < -0.4 is 31.8 Å². The van der Waals surface area contributed by atoms with Crippen LogP contribution in [0.1, 0.15) is 0 Å². The van der Waals surface area contributed by atoms with E-state index < -0.39 is 25.3 Å². The summed E-state index contributed by atoms with van der Waals surface area (Å²) in [6.45, 7) is -4.92. The van der Waals surface area contributed by atoms with Gasteiger partial charge in [0.15, 0.2) is 0 Å². The lowest BCUT2D eigenvalue weighted by Crippen LogP contribution is -2.29. The number of halogens is 2. The molecule has 58 heavy (non-hydrogen) atoms. The minimum Gasteiger partial charge on any atom is -0.288 e. The summed E-state index contributed by atoms with van der Waals surface area (Å²) in [6, 6.07) is 63.0. The Kier molecular flexibility index (Phi) is 10.4. The number of hydrogen-bond acceptors (Lipinski definition) is 2. The zero-order valence-electron chi connectivity index (χ0n) is 31.3. The van der Waals surface area contributed by atoms with E-state index in [2.05, 4.69) is 158 Å². The highest BCUT2D eigenvalue weighted by atomic mass is 35.5. The molecule has 0 radical (unpaired) electrons. The molecule has 0 fully saturated rings. The average molecular weight is 826 g/mol. The predicted octanol–water partition coefficient (Wildman–Crippen LogP) is 9.45. The topological polar surface area (TPSA) is 34.1 Å². The van der Waals surface area contributed by atoms with Gasteiger partial charge in [-0.25, -0.2) is 0 Å². The maximum Gasteiger partial charge on any atom is 0.207 e. The van der Waals surface area contributed by atoms with Gasteiger partial charge in [-0.2, -0.15) is 0 Å². The number of rotatable bonds is 8. The molecule has 9 rings (SSSR count). The van der Waals surface area contributed by atoms with Crippen molar-refractivity contribution < 1.29 is 9.59 Å². The van der Waals surface area contributed by atoms with Crippen LogP contribution in [0.15, 0.2) is 251 Å². The first-order valence-electron chi connectivity index (χ1n) is 19.0. The van der Waals surface area contributed by atoms with Gasteiger partial charge in [-0.15, -0.1) is 0 Å². The fraction of sp³-hybridized carbons (Fsp3) is 0. The first-order valence-corrected chi connectivity index (χ1v) is 23.3. The first kappa shape index (κ1) is 37.8. The number of ketones is 2. The van der Waals surface area contributed by atoms with Crippen LogP contribution in [0.5, 0.6) is 0 Å². The fourth-order valence-corrected chi connectivity index (χ4v) is 17.6. The molecule has 6 heteroatoms. The molecule has 0 unspecified atom stereocenters. The Balaban J connectivity index is 1.21. The standard InChI is InChI=1S/C52H36Cl2O2P2/c53-49-47(37-31-33-45(35-37)57(39-19-7-1-8-20-39,40-21-9-2-10-22-40)41-23-11-3-12-24-41)51(55)50(54)48(52(49)56)38-32-34-46(36-38)58(42-25-13-4-14-26-42,43-27-15-5-16-28-43)44-29-17-6-18-30-44/h1-36H. The third-order valence-electron chi connectivity index (χ3n) is 11.0. The molecule has 0 N–H and O–H groups in total. The van der Waals surface area contributed by atoms with Gasteiger partial charge in [0.1, 0.15) is 10.1 Å². The summed E-state index contributed by atoms with van der Waals surface area (Å²) in [5.74, 6) is -0.945. The lowest BCUT2D eigenvalue weighted by molar-refractivity contribution is -0.115. The van der Waals surface area contributed by atoms with Gasteiger partial charge < -0.3 is 0 Å². The van der Waals surface area contributed by atoms with Crippen LogP contribution in [-0.4, -0.2) is 22.2 Å². The Morgan fingerprint density at radius 1 is 0.310 bits per heavy atom. The van der Waals surface area contributed by atoms with E-state index in [0.717, 1.165) is 10.6 Å². The lowest BCUT2D eigenvalue weighted by Gasteiger charge is -2.31. The largest absolute Gasteiger partial charge is 0.288 e. The van der Waals surface area contributed by atoms with Crippen LogP contribution in [0.25, 0.3) is 0 Å². The van der Waals surface area contributed by atoms with Gasteiger partial charge in [-0.1, -0.05) is 229 Å². The zero-order chi connectivity index (χ0) is 39.7. The third-order valence-corrected chi connectivity index (χ3v) is 20.2. The van der Waals surface area contributed by atoms with Crippen LogP contribution in [0.4, 0.5) is 0 Å². The normalized spacial score (nSPS) is 15.7.